The average molecular weight is 1120 g/mol. The van der Waals surface area contributed by atoms with Crippen molar-refractivity contribution < 1.29 is 172 Å². The Morgan fingerprint density at radius 1 is 0.667 bits per heavy atom. The first-order chi connectivity index (χ1) is 44.8. The summed E-state index contributed by atoms with van der Waals surface area (Å²) in [6.07, 6.45) is -15.0. The smallest absolute Gasteiger partial charge is 1.00 e. The number of anilines is 2. The molecule has 2 aliphatic rings. The van der Waals surface area contributed by atoms with Gasteiger partial charge in [0.15, 0.2) is 0 Å². The van der Waals surface area contributed by atoms with Crippen molar-refractivity contribution in [3.63, 3.8) is 0 Å². The third-order valence-electron chi connectivity index (χ3n) is 8.65. The van der Waals surface area contributed by atoms with Crippen molar-refractivity contribution in [3.05, 3.63) is 141 Å². The summed E-state index contributed by atoms with van der Waals surface area (Å²) in [7, 11) is 0. The monoisotopic (exact) mass is 1120 g/mol. The second-order valence-corrected chi connectivity index (χ2v) is 15.0. The molecule has 0 unspecified atom stereocenters. The molecule has 8 aromatic rings. The molecule has 0 spiro atoms. The molecule has 0 radical (unpaired) electrons. The van der Waals surface area contributed by atoms with Crippen molar-refractivity contribution in [2.45, 2.75) is 25.5 Å². The molecule has 0 atom stereocenters. The van der Waals surface area contributed by atoms with Gasteiger partial charge < -0.3 is 46.1 Å². The number of benzene rings is 4. The summed E-state index contributed by atoms with van der Waals surface area (Å²) in [5.74, 6) is -0.562. The summed E-state index contributed by atoms with van der Waals surface area (Å²) in [5.41, 5.74) is -0.578. The van der Waals surface area contributed by atoms with Crippen molar-refractivity contribution in [2.75, 3.05) is 86.7 Å². The van der Waals surface area contributed by atoms with E-state index in [0.717, 1.165) is 10.8 Å². The summed E-state index contributed by atoms with van der Waals surface area (Å²) < 4.78 is 275. The van der Waals surface area contributed by atoms with Gasteiger partial charge in [-0.25, -0.2) is 0 Å². The maximum absolute atomic E-state index is 11.7. The Bertz CT molecular complexity index is 4380. The summed E-state index contributed by atoms with van der Waals surface area (Å²) in [5, 5.41) is 12.7. The van der Waals surface area contributed by atoms with Gasteiger partial charge in [-0.15, -0.1) is 22.7 Å². The van der Waals surface area contributed by atoms with Crippen LogP contribution in [0.15, 0.2) is 130 Å². The number of H-pyrrole nitrogens is 2. The Labute approximate surface area is 550 Å². The summed E-state index contributed by atoms with van der Waals surface area (Å²) in [6, 6.07) is 25.7. The van der Waals surface area contributed by atoms with Crippen molar-refractivity contribution in [3.8, 4) is 11.5 Å². The maximum atomic E-state index is 11.7. The number of carbonyl (C=O) groups excluding carboxylic acids is 1. The van der Waals surface area contributed by atoms with E-state index in [0.29, 0.717) is 31.3 Å². The minimum atomic E-state index is -4.31. The third kappa shape index (κ3) is 17.6. The van der Waals surface area contributed by atoms with Crippen LogP contribution in [0.4, 0.5) is 11.4 Å². The zero-order valence-corrected chi connectivity index (χ0v) is 45.5. The van der Waals surface area contributed by atoms with Gasteiger partial charge in [0.1, 0.15) is 11.5 Å². The van der Waals surface area contributed by atoms with Crippen LogP contribution in [-0.4, -0.2) is 98.2 Å². The summed E-state index contributed by atoms with van der Waals surface area (Å²) >= 11 is 5.00. The Morgan fingerprint density at radius 3 is 1.64 bits per heavy atom. The first-order valence-corrected chi connectivity index (χ1v) is 21.5. The molecule has 13 nitrogen and oxygen atoms in total. The van der Waals surface area contributed by atoms with Crippen LogP contribution in [0.3, 0.4) is 0 Å². The number of rotatable bonds is 14. The predicted molar refractivity (Wildman–Crippen MR) is 278 cm³/mol. The van der Waals surface area contributed by atoms with Gasteiger partial charge in [-0.05, 0) is 126 Å². The maximum Gasteiger partial charge on any atom is 1.00 e. The minimum absolute atomic E-state index is 0. The van der Waals surface area contributed by atoms with E-state index in [1.807, 2.05) is 5.32 Å². The molecule has 18 heteroatoms. The number of aromatic amines is 2. The molecule has 4 aromatic heterocycles. The number of ether oxygens (including phenoxy) is 2. The zero-order valence-electron chi connectivity index (χ0n) is 69.0. The normalized spacial score (nSPS) is 27.8. The van der Waals surface area contributed by atoms with E-state index < -0.39 is 119 Å². The second-order valence-electron chi connectivity index (χ2n) is 12.7. The van der Waals surface area contributed by atoms with Crippen molar-refractivity contribution in [1.82, 2.24) is 20.2 Å². The number of hydrogen-bond donors (Lipinski definition) is 3. The van der Waals surface area contributed by atoms with Gasteiger partial charge in [0.25, 0.3) is 6.47 Å². The number of piperazine rings is 2. The SMILES string of the molecule is O=CO[O-].[2H]C([2H])(Br)C([2H])([2H])C([2H])([2H])C([2H])([2H])Oc1ccc2ccc(=O)[nH]c2c1.[2H]C([2H])(Oc1ccc2ccc(=O)[nH]c2c1)C([2H])([2H])C([2H])([2H])C([2H])([2H])N1C([2H])([2H])C([2H])([2H])N(c2cccc3sccc23)C([2H])([2H])C1([2H])[2H].[2H]C1([2H])NC([2H])([2H])C([2H])([2H])N(c2cccc3sccc23)C1([2H])[2H].[H-].[K+].[K+]. The molecular formula is C51H57BrK2N6O7S2. The molecule has 4 aromatic carbocycles. The molecule has 0 bridgehead atoms. The van der Waals surface area contributed by atoms with Gasteiger partial charge in [-0.2, -0.15) is 0 Å². The number of aromatic nitrogens is 2. The van der Waals surface area contributed by atoms with Crippen LogP contribution in [0.2, 0.25) is 0 Å². The van der Waals surface area contributed by atoms with Crippen LogP contribution < -0.4 is 144 Å². The Morgan fingerprint density at radius 2 is 1.14 bits per heavy atom. The van der Waals surface area contributed by atoms with E-state index >= 15 is 0 Å². The zero-order chi connectivity index (χ0) is 75.3. The molecular weight excluding hydrogens is 1030 g/mol. The van der Waals surface area contributed by atoms with E-state index in [-0.39, 0.29) is 149 Å². The molecule has 10 rings (SSSR count). The molecule has 3 N–H and O–H groups in total. The minimum Gasteiger partial charge on any atom is -1.00 e. The fraction of sp³-hybridized carbons (Fsp3) is 0.314. The first kappa shape index (κ1) is 27.2. The van der Waals surface area contributed by atoms with Crippen LogP contribution in [0.1, 0.15) is 70.8 Å². The van der Waals surface area contributed by atoms with Crippen LogP contribution in [0, 0.1) is 0 Å². The van der Waals surface area contributed by atoms with Crippen LogP contribution in [0.5, 0.6) is 11.5 Å². The number of hydrogen-bond acceptors (Lipinski definition) is 13. The first-order valence-electron chi connectivity index (χ1n) is 35.0. The van der Waals surface area contributed by atoms with E-state index in [4.69, 9.17) is 63.4 Å². The van der Waals surface area contributed by atoms with Gasteiger partial charge in [-0.1, -0.05) is 28.1 Å². The number of fused-ring (bicyclic) bond motifs is 4. The third-order valence-corrected chi connectivity index (χ3v) is 10.6. The molecule has 0 saturated carbocycles. The largest absolute Gasteiger partial charge is 1.00 e. The van der Waals surface area contributed by atoms with E-state index in [9.17, 15) is 9.59 Å². The number of thiophene rings is 2. The Balaban J connectivity index is 0.000000339. The Kier molecular flexibility index (Phi) is 12.3. The van der Waals surface area contributed by atoms with Crippen molar-refractivity contribution in [1.29, 1.82) is 0 Å². The fourth-order valence-electron chi connectivity index (χ4n) is 5.84. The van der Waals surface area contributed by atoms with Gasteiger partial charge in [0.2, 0.25) is 11.1 Å². The number of alkyl halides is 1. The van der Waals surface area contributed by atoms with Gasteiger partial charge in [-0.3, -0.25) is 19.3 Å². The topological polar surface area (TPSA) is 155 Å². The molecule has 2 fully saturated rings. The van der Waals surface area contributed by atoms with Crippen LogP contribution >= 0.6 is 38.6 Å². The molecule has 2 aliphatic heterocycles. The number of pyridine rings is 2. The molecule has 2 saturated heterocycles. The van der Waals surface area contributed by atoms with Gasteiger partial charge >= 0.3 is 103 Å². The predicted octanol–water partition coefficient (Wildman–Crippen LogP) is 2.67. The number of carbonyl (C=O) groups is 1. The number of nitrogens with zero attached hydrogens (tertiary/aromatic N) is 3. The molecule has 0 amide bonds. The molecule has 0 aliphatic carbocycles. The summed E-state index contributed by atoms with van der Waals surface area (Å²) in [6.45, 7) is -37.8. The van der Waals surface area contributed by atoms with E-state index in [2.05, 4.69) is 30.8 Å². The number of halogens is 1. The molecule has 6 heterocycles. The van der Waals surface area contributed by atoms with Gasteiger partial charge in [0, 0.05) is 140 Å². The number of nitrogens with one attached hydrogen (secondary N) is 3. The van der Waals surface area contributed by atoms with Crippen LogP contribution in [0.25, 0.3) is 42.0 Å². The van der Waals surface area contributed by atoms with E-state index in [1.54, 1.807) is 41.1 Å². The quantitative estimate of drug-likeness (QED) is 0.0485. The average Bonchev–Trinajstić information content (AvgIpc) is 0.721. The standard InChI is InChI=1S/C25H27N3O2S.C13H14BrNO2.C12H14N2S.CH2O3.2K.H/c29-25-9-7-19-6-8-20(18-22(19)26-25)30-16-2-1-11-27-12-14-28(15-13-27)23-4-3-5-24-21(23)10-17-31-24;14-7-1-2-8-17-11-5-3-10-4-6-13(16)15-12(10)9-11;1-2-11(14-7-5-13-6-8-14)10-4-9-15-12(10)3-1;2-1-4-3;;;/h3-10,17-18H,1-2,11-16H2,(H,26,29);3-6,9H,1-2,7-8H2,(H,15,16);1-4,9,13H,5-8H2;1,3H;;;/q;;;;2*+1;-1/p-1/i1D2,2D2,11D2,12D2,13D2,14D2,15D2,16D2;1D2,2D2,7D2,8D2;5D2,6D2,7D2,8D2;;;;. The second kappa shape index (κ2) is 31.2. The summed E-state index contributed by atoms with van der Waals surface area (Å²) in [4.78, 5) is 39.4. The fourth-order valence-corrected chi connectivity index (χ4v) is 7.55. The van der Waals surface area contributed by atoms with Crippen molar-refractivity contribution >= 4 is 98.4 Å². The molecule has 354 valence electrons. The van der Waals surface area contributed by atoms with E-state index in [1.165, 1.54) is 95.5 Å². The van der Waals surface area contributed by atoms with Gasteiger partial charge in [0.05, 0.1) is 40.6 Å². The molecule has 69 heavy (non-hydrogen) atoms. The van der Waals surface area contributed by atoms with Crippen molar-refractivity contribution in [2.24, 2.45) is 0 Å². The van der Waals surface area contributed by atoms with Crippen LogP contribution in [-0.2, 0) is 9.68 Å². The Hall–Kier alpha value is -2.48.